The fourth-order valence-electron chi connectivity index (χ4n) is 3.00. The highest BCUT2D eigenvalue weighted by Crippen LogP contribution is 2.21. The maximum atomic E-state index is 12.6. The van der Waals surface area contributed by atoms with Gasteiger partial charge in [0.05, 0.1) is 0 Å². The van der Waals surface area contributed by atoms with E-state index in [-0.39, 0.29) is 23.8 Å². The van der Waals surface area contributed by atoms with Gasteiger partial charge in [-0.05, 0) is 31.0 Å². The van der Waals surface area contributed by atoms with Crippen LogP contribution in [0.4, 0.5) is 11.4 Å². The van der Waals surface area contributed by atoms with Crippen LogP contribution >= 0.6 is 0 Å². The fraction of sp³-hybridized carbons (Fsp3) is 0.500. The van der Waals surface area contributed by atoms with Crippen molar-refractivity contribution in [1.82, 2.24) is 5.32 Å². The molecule has 0 spiro atoms. The SMILES string of the molecule is CC(=O)Nc1cc(NC(C)=O)cc(C(=O)NC2CCCCCC2)c1. The minimum absolute atomic E-state index is 0.180. The van der Waals surface area contributed by atoms with Gasteiger partial charge in [0.1, 0.15) is 0 Å². The molecule has 2 rings (SSSR count). The highest BCUT2D eigenvalue weighted by molar-refractivity contribution is 6.00. The fourth-order valence-corrected chi connectivity index (χ4v) is 3.00. The van der Waals surface area contributed by atoms with Crippen molar-refractivity contribution in [3.63, 3.8) is 0 Å². The van der Waals surface area contributed by atoms with Crippen molar-refractivity contribution in [3.05, 3.63) is 23.8 Å². The predicted molar refractivity (Wildman–Crippen MR) is 94.0 cm³/mol. The van der Waals surface area contributed by atoms with Crippen LogP contribution in [0.1, 0.15) is 62.7 Å². The van der Waals surface area contributed by atoms with Crippen LogP contribution in [0.15, 0.2) is 18.2 Å². The zero-order valence-electron chi connectivity index (χ0n) is 14.3. The molecule has 0 aliphatic heterocycles. The van der Waals surface area contributed by atoms with Gasteiger partial charge in [0.2, 0.25) is 11.8 Å². The van der Waals surface area contributed by atoms with Crippen LogP contribution in [0.2, 0.25) is 0 Å². The van der Waals surface area contributed by atoms with Gasteiger partial charge in [-0.3, -0.25) is 14.4 Å². The van der Waals surface area contributed by atoms with Crippen molar-refractivity contribution in [1.29, 1.82) is 0 Å². The quantitative estimate of drug-likeness (QED) is 0.741. The van der Waals surface area contributed by atoms with Crippen LogP contribution in [-0.4, -0.2) is 23.8 Å². The largest absolute Gasteiger partial charge is 0.349 e. The smallest absolute Gasteiger partial charge is 0.251 e. The molecule has 0 radical (unpaired) electrons. The molecule has 1 aliphatic rings. The minimum Gasteiger partial charge on any atom is -0.349 e. The summed E-state index contributed by atoms with van der Waals surface area (Å²) < 4.78 is 0. The van der Waals surface area contributed by atoms with E-state index < -0.39 is 0 Å². The van der Waals surface area contributed by atoms with E-state index in [0.717, 1.165) is 25.7 Å². The Labute approximate surface area is 142 Å². The summed E-state index contributed by atoms with van der Waals surface area (Å²) in [7, 11) is 0. The zero-order chi connectivity index (χ0) is 17.5. The van der Waals surface area contributed by atoms with E-state index in [0.29, 0.717) is 16.9 Å². The number of carbonyl (C=O) groups is 3. The normalized spacial score (nSPS) is 15.2. The Morgan fingerprint density at radius 2 is 1.33 bits per heavy atom. The molecule has 0 saturated heterocycles. The van der Waals surface area contributed by atoms with Crippen LogP contribution in [0, 0.1) is 0 Å². The average Bonchev–Trinajstić information content (AvgIpc) is 2.74. The highest BCUT2D eigenvalue weighted by atomic mass is 16.2. The van der Waals surface area contributed by atoms with Crippen molar-refractivity contribution in [3.8, 4) is 0 Å². The van der Waals surface area contributed by atoms with Crippen LogP contribution in [0.5, 0.6) is 0 Å². The second kappa shape index (κ2) is 8.47. The van der Waals surface area contributed by atoms with Gasteiger partial charge in [0.15, 0.2) is 0 Å². The van der Waals surface area contributed by atoms with Crippen LogP contribution < -0.4 is 16.0 Å². The lowest BCUT2D eigenvalue weighted by Gasteiger charge is -2.17. The van der Waals surface area contributed by atoms with Gasteiger partial charge < -0.3 is 16.0 Å². The number of benzene rings is 1. The second-order valence-corrected chi connectivity index (χ2v) is 6.32. The van der Waals surface area contributed by atoms with Crippen LogP contribution in [0.3, 0.4) is 0 Å². The Hall–Kier alpha value is -2.37. The molecule has 0 atom stereocenters. The van der Waals surface area contributed by atoms with E-state index in [1.165, 1.54) is 26.7 Å². The van der Waals surface area contributed by atoms with E-state index in [1.807, 2.05) is 0 Å². The van der Waals surface area contributed by atoms with Gasteiger partial charge in [-0.15, -0.1) is 0 Å². The third-order valence-corrected chi connectivity index (χ3v) is 4.03. The zero-order valence-corrected chi connectivity index (χ0v) is 14.3. The molecule has 6 nitrogen and oxygen atoms in total. The first-order valence-corrected chi connectivity index (χ1v) is 8.45. The lowest BCUT2D eigenvalue weighted by molar-refractivity contribution is -0.115. The predicted octanol–water partition coefficient (Wildman–Crippen LogP) is 3.06. The number of rotatable bonds is 4. The van der Waals surface area contributed by atoms with Crippen molar-refractivity contribution in [2.45, 2.75) is 58.4 Å². The number of hydrogen-bond acceptors (Lipinski definition) is 3. The molecule has 130 valence electrons. The molecular weight excluding hydrogens is 306 g/mol. The van der Waals surface area contributed by atoms with Crippen molar-refractivity contribution < 1.29 is 14.4 Å². The topological polar surface area (TPSA) is 87.3 Å². The first-order valence-electron chi connectivity index (χ1n) is 8.45. The minimum atomic E-state index is -0.231. The number of amides is 3. The Kier molecular flexibility index (Phi) is 6.35. The van der Waals surface area contributed by atoms with E-state index >= 15 is 0 Å². The van der Waals surface area contributed by atoms with Crippen molar-refractivity contribution in [2.75, 3.05) is 10.6 Å². The summed E-state index contributed by atoms with van der Waals surface area (Å²) in [4.78, 5) is 35.1. The molecule has 3 amide bonds. The maximum absolute atomic E-state index is 12.6. The molecule has 1 fully saturated rings. The first-order chi connectivity index (χ1) is 11.4. The van der Waals surface area contributed by atoms with E-state index in [9.17, 15) is 14.4 Å². The van der Waals surface area contributed by atoms with Gasteiger partial charge in [-0.1, -0.05) is 25.7 Å². The standard InChI is InChI=1S/C18H25N3O3/c1-12(22)19-16-9-14(10-17(11-16)20-13(2)23)18(24)21-15-7-5-3-4-6-8-15/h9-11,15H,3-8H2,1-2H3,(H,19,22)(H,20,23)(H,21,24). The first kappa shape index (κ1) is 18.0. The second-order valence-electron chi connectivity index (χ2n) is 6.32. The maximum Gasteiger partial charge on any atom is 0.251 e. The van der Waals surface area contributed by atoms with E-state index in [4.69, 9.17) is 0 Å². The third kappa shape index (κ3) is 5.68. The molecule has 1 aromatic rings. The lowest BCUT2D eigenvalue weighted by Crippen LogP contribution is -2.34. The molecule has 0 aromatic heterocycles. The summed E-state index contributed by atoms with van der Waals surface area (Å²) in [5.74, 6) is -0.643. The van der Waals surface area contributed by atoms with Crippen molar-refractivity contribution >= 4 is 29.1 Å². The monoisotopic (exact) mass is 331 g/mol. The van der Waals surface area contributed by atoms with Gasteiger partial charge in [-0.2, -0.15) is 0 Å². The Morgan fingerprint density at radius 1 is 0.833 bits per heavy atom. The molecule has 0 bridgehead atoms. The van der Waals surface area contributed by atoms with Crippen LogP contribution in [-0.2, 0) is 9.59 Å². The Morgan fingerprint density at radius 3 is 1.79 bits per heavy atom. The molecule has 6 heteroatoms. The van der Waals surface area contributed by atoms with E-state index in [1.54, 1.807) is 18.2 Å². The molecular formula is C18H25N3O3. The van der Waals surface area contributed by atoms with Gasteiger partial charge in [-0.25, -0.2) is 0 Å². The van der Waals surface area contributed by atoms with Gasteiger partial charge >= 0.3 is 0 Å². The molecule has 1 saturated carbocycles. The molecule has 1 aromatic carbocycles. The molecule has 24 heavy (non-hydrogen) atoms. The highest BCUT2D eigenvalue weighted by Gasteiger charge is 2.17. The Balaban J connectivity index is 2.17. The van der Waals surface area contributed by atoms with Crippen molar-refractivity contribution in [2.24, 2.45) is 0 Å². The van der Waals surface area contributed by atoms with Gasteiger partial charge in [0.25, 0.3) is 5.91 Å². The lowest BCUT2D eigenvalue weighted by atomic mass is 10.1. The summed E-state index contributed by atoms with van der Waals surface area (Å²) in [5, 5.41) is 8.39. The number of carbonyl (C=O) groups excluding carboxylic acids is 3. The van der Waals surface area contributed by atoms with Crippen LogP contribution in [0.25, 0.3) is 0 Å². The Bertz CT molecular complexity index is 586. The summed E-state index contributed by atoms with van der Waals surface area (Å²) in [6.45, 7) is 2.80. The van der Waals surface area contributed by atoms with Gasteiger partial charge in [0, 0.05) is 36.8 Å². The van der Waals surface area contributed by atoms with E-state index in [2.05, 4.69) is 16.0 Å². The molecule has 1 aliphatic carbocycles. The summed E-state index contributed by atoms with van der Waals surface area (Å²) in [6, 6.07) is 5.07. The summed E-state index contributed by atoms with van der Waals surface area (Å²) in [5.41, 5.74) is 1.40. The molecule has 3 N–H and O–H groups in total. The number of anilines is 2. The molecule has 0 heterocycles. The summed E-state index contributed by atoms with van der Waals surface area (Å²) in [6.07, 6.45) is 6.70. The summed E-state index contributed by atoms with van der Waals surface area (Å²) >= 11 is 0. The molecule has 0 unspecified atom stereocenters. The average molecular weight is 331 g/mol. The number of hydrogen-bond donors (Lipinski definition) is 3. The number of nitrogens with one attached hydrogen (secondary N) is 3. The third-order valence-electron chi connectivity index (χ3n) is 4.03.